The zero-order chi connectivity index (χ0) is 43.8. The third-order valence-electron chi connectivity index (χ3n) is 11.0. The number of nitrogens with zero attached hydrogens (tertiary/aromatic N) is 6. The standard InChI is InChI=1S/C51H44N6O7/c1-50(2,29-39-27-41(54-56(39)47-15-5-7-21-52-47)37-13-9-11-33(23-37)35-17-19-43-45(25-35)61-31-59-43)63-49(58)64-51(3,4)30-40-28-42(55-57(40)48-16-6-8-22-53-48)38-14-10-12-34(24-38)36-18-20-44-46(26-36)62-32-60-44/h5-28H,29-32H2,1-4H3. The summed E-state index contributed by atoms with van der Waals surface area (Å²) >= 11 is 0. The molecule has 2 aliphatic rings. The Morgan fingerprint density at radius 2 is 0.922 bits per heavy atom. The lowest BCUT2D eigenvalue weighted by Crippen LogP contribution is -2.37. The number of rotatable bonds is 12. The van der Waals surface area contributed by atoms with Crippen LogP contribution in [0.2, 0.25) is 0 Å². The van der Waals surface area contributed by atoms with Crippen LogP contribution in [0.3, 0.4) is 0 Å². The molecule has 4 aromatic heterocycles. The van der Waals surface area contributed by atoms with E-state index in [9.17, 15) is 4.79 Å². The van der Waals surface area contributed by atoms with Gasteiger partial charge >= 0.3 is 6.16 Å². The van der Waals surface area contributed by atoms with Crippen molar-refractivity contribution < 1.29 is 33.2 Å². The maximum Gasteiger partial charge on any atom is 0.509 e. The molecular formula is C51H44N6O7. The van der Waals surface area contributed by atoms with Gasteiger partial charge in [0.1, 0.15) is 11.2 Å². The fourth-order valence-electron chi connectivity index (χ4n) is 8.01. The van der Waals surface area contributed by atoms with Gasteiger partial charge < -0.3 is 28.4 Å². The lowest BCUT2D eigenvalue weighted by molar-refractivity contribution is -0.0589. The third kappa shape index (κ3) is 8.47. The van der Waals surface area contributed by atoms with Crippen molar-refractivity contribution in [1.82, 2.24) is 29.5 Å². The number of carbonyl (C=O) groups excluding carboxylic acids is 1. The van der Waals surface area contributed by atoms with Gasteiger partial charge in [0.2, 0.25) is 13.6 Å². The van der Waals surface area contributed by atoms with Crippen molar-refractivity contribution >= 4 is 6.16 Å². The van der Waals surface area contributed by atoms with Gasteiger partial charge in [0, 0.05) is 36.4 Å². The summed E-state index contributed by atoms with van der Waals surface area (Å²) in [6.45, 7) is 7.86. The van der Waals surface area contributed by atoms with E-state index in [0.717, 1.165) is 79.2 Å². The summed E-state index contributed by atoms with van der Waals surface area (Å²) in [5.41, 5.74) is 6.91. The van der Waals surface area contributed by atoms with Crippen LogP contribution in [0.5, 0.6) is 23.0 Å². The van der Waals surface area contributed by atoms with Gasteiger partial charge in [-0.3, -0.25) is 0 Å². The van der Waals surface area contributed by atoms with Gasteiger partial charge in [0.15, 0.2) is 34.6 Å². The Morgan fingerprint density at radius 1 is 0.500 bits per heavy atom. The molecule has 13 nitrogen and oxygen atoms in total. The van der Waals surface area contributed by atoms with E-state index in [1.807, 2.05) is 137 Å². The molecule has 8 aromatic rings. The summed E-state index contributed by atoms with van der Waals surface area (Å²) < 4.78 is 38.1. The molecule has 64 heavy (non-hydrogen) atoms. The second-order valence-electron chi connectivity index (χ2n) is 16.9. The fraction of sp³-hybridized carbons (Fsp3) is 0.196. The zero-order valence-corrected chi connectivity index (χ0v) is 35.7. The second kappa shape index (κ2) is 16.4. The van der Waals surface area contributed by atoms with Crippen molar-refractivity contribution in [3.63, 3.8) is 0 Å². The van der Waals surface area contributed by atoms with Gasteiger partial charge in [-0.15, -0.1) is 0 Å². The van der Waals surface area contributed by atoms with Crippen LogP contribution in [0.4, 0.5) is 4.79 Å². The molecule has 10 rings (SSSR count). The molecule has 0 saturated heterocycles. The van der Waals surface area contributed by atoms with E-state index in [1.54, 1.807) is 21.8 Å². The second-order valence-corrected chi connectivity index (χ2v) is 16.9. The molecule has 0 amide bonds. The Bertz CT molecular complexity index is 2800. The predicted molar refractivity (Wildman–Crippen MR) is 240 cm³/mol. The summed E-state index contributed by atoms with van der Waals surface area (Å²) in [5.74, 6) is 4.18. The number of ether oxygens (including phenoxy) is 6. The highest BCUT2D eigenvalue weighted by Crippen LogP contribution is 2.39. The lowest BCUT2D eigenvalue weighted by atomic mass is 9.99. The van der Waals surface area contributed by atoms with Crippen LogP contribution in [0.15, 0.2) is 146 Å². The molecule has 0 fully saturated rings. The third-order valence-corrected chi connectivity index (χ3v) is 11.0. The van der Waals surface area contributed by atoms with Gasteiger partial charge in [-0.1, -0.05) is 60.7 Å². The minimum absolute atomic E-state index is 0.212. The number of pyridine rings is 2. The molecule has 0 aliphatic carbocycles. The topological polar surface area (TPSA) is 134 Å². The Hall–Kier alpha value is -7.93. The highest BCUT2D eigenvalue weighted by Gasteiger charge is 2.33. The molecular weight excluding hydrogens is 809 g/mol. The van der Waals surface area contributed by atoms with Crippen molar-refractivity contribution in [2.24, 2.45) is 0 Å². The normalized spacial score (nSPS) is 12.9. The van der Waals surface area contributed by atoms with Crippen LogP contribution < -0.4 is 18.9 Å². The predicted octanol–water partition coefficient (Wildman–Crippen LogP) is 10.5. The first-order valence-electron chi connectivity index (χ1n) is 21.0. The largest absolute Gasteiger partial charge is 0.509 e. The average Bonchev–Trinajstić information content (AvgIpc) is 4.13. The van der Waals surface area contributed by atoms with Gasteiger partial charge in [0.25, 0.3) is 0 Å². The summed E-state index contributed by atoms with van der Waals surface area (Å²) in [5, 5.41) is 10.0. The van der Waals surface area contributed by atoms with E-state index in [4.69, 9.17) is 38.6 Å². The van der Waals surface area contributed by atoms with E-state index in [2.05, 4.69) is 34.2 Å². The summed E-state index contributed by atoms with van der Waals surface area (Å²) in [6, 6.07) is 43.5. The van der Waals surface area contributed by atoms with Crippen molar-refractivity contribution in [2.75, 3.05) is 13.6 Å². The lowest BCUT2D eigenvalue weighted by Gasteiger charge is -2.29. The first-order valence-corrected chi connectivity index (χ1v) is 21.0. The minimum atomic E-state index is -1.00. The molecule has 0 atom stereocenters. The Labute approximate surface area is 369 Å². The Kier molecular flexibility index (Phi) is 10.3. The average molecular weight is 853 g/mol. The maximum absolute atomic E-state index is 13.8. The molecule has 320 valence electrons. The van der Waals surface area contributed by atoms with Gasteiger partial charge in [-0.2, -0.15) is 10.2 Å². The van der Waals surface area contributed by atoms with E-state index < -0.39 is 17.4 Å². The number of hydrogen-bond acceptors (Lipinski definition) is 11. The van der Waals surface area contributed by atoms with Gasteiger partial charge in [0.05, 0.1) is 22.8 Å². The zero-order valence-electron chi connectivity index (χ0n) is 35.7. The molecule has 4 aromatic carbocycles. The van der Waals surface area contributed by atoms with E-state index in [1.165, 1.54) is 0 Å². The van der Waals surface area contributed by atoms with Gasteiger partial charge in [-0.25, -0.2) is 24.1 Å². The van der Waals surface area contributed by atoms with Crippen LogP contribution >= 0.6 is 0 Å². The number of fused-ring (bicyclic) bond motifs is 2. The highest BCUT2D eigenvalue weighted by atomic mass is 16.7. The minimum Gasteiger partial charge on any atom is -0.454 e. The molecule has 0 radical (unpaired) electrons. The van der Waals surface area contributed by atoms with Crippen LogP contribution in [-0.4, -0.2) is 60.5 Å². The van der Waals surface area contributed by atoms with Crippen LogP contribution in [-0.2, 0) is 22.3 Å². The molecule has 0 unspecified atom stereocenters. The molecule has 0 bridgehead atoms. The van der Waals surface area contributed by atoms with Crippen molar-refractivity contribution in [3.8, 4) is 79.4 Å². The monoisotopic (exact) mass is 852 g/mol. The van der Waals surface area contributed by atoms with Crippen LogP contribution in [0.1, 0.15) is 39.1 Å². The fourth-order valence-corrected chi connectivity index (χ4v) is 8.01. The first kappa shape index (κ1) is 40.2. The number of aromatic nitrogens is 6. The summed E-state index contributed by atoms with van der Waals surface area (Å²) in [7, 11) is 0. The van der Waals surface area contributed by atoms with Crippen molar-refractivity contribution in [3.05, 3.63) is 157 Å². The number of carbonyl (C=O) groups is 1. The molecule has 0 saturated carbocycles. The van der Waals surface area contributed by atoms with Crippen molar-refractivity contribution in [1.29, 1.82) is 0 Å². The molecule has 13 heteroatoms. The molecule has 6 heterocycles. The summed E-state index contributed by atoms with van der Waals surface area (Å²) in [4.78, 5) is 22.9. The number of hydrogen-bond donors (Lipinski definition) is 0. The van der Waals surface area contributed by atoms with E-state index >= 15 is 0 Å². The SMILES string of the molecule is CC(C)(Cc1cc(-c2cccc(-c3ccc4c(c3)OCO4)c2)nn1-c1ccccn1)OC(=O)OC(C)(C)Cc1cc(-c2cccc(-c3ccc4c(c3)OCO4)c2)nn1-c1ccccn1. The Balaban J connectivity index is 0.874. The smallest absolute Gasteiger partial charge is 0.454 e. The first-order chi connectivity index (χ1) is 31.0. The maximum atomic E-state index is 13.8. The highest BCUT2D eigenvalue weighted by molar-refractivity contribution is 5.75. The van der Waals surface area contributed by atoms with Crippen LogP contribution in [0.25, 0.3) is 56.4 Å². The van der Waals surface area contributed by atoms with Crippen LogP contribution in [0, 0.1) is 0 Å². The Morgan fingerprint density at radius 3 is 1.36 bits per heavy atom. The molecule has 0 N–H and O–H groups in total. The number of benzene rings is 4. The molecule has 0 spiro atoms. The van der Waals surface area contributed by atoms with Gasteiger partial charge in [-0.05, 0) is 123 Å². The molecule has 2 aliphatic heterocycles. The summed E-state index contributed by atoms with van der Waals surface area (Å²) in [6.07, 6.45) is 3.28. The van der Waals surface area contributed by atoms with Crippen molar-refractivity contribution in [2.45, 2.75) is 51.7 Å². The van der Waals surface area contributed by atoms with E-state index in [0.29, 0.717) is 24.5 Å². The quantitative estimate of drug-likeness (QED) is 0.109. The van der Waals surface area contributed by atoms with E-state index in [-0.39, 0.29) is 13.6 Å².